The van der Waals surface area contributed by atoms with E-state index in [9.17, 15) is 49.1 Å². The average Bonchev–Trinajstić information content (AvgIpc) is 2.73. The molecule has 2 aromatic carbocycles. The summed E-state index contributed by atoms with van der Waals surface area (Å²) in [6.45, 7) is -3.65. The first-order chi connectivity index (χ1) is 16.0. The predicted molar refractivity (Wildman–Crippen MR) is 98.6 cm³/mol. The molecule has 16 heteroatoms. The van der Waals surface area contributed by atoms with Gasteiger partial charge in [0.1, 0.15) is 11.5 Å². The highest BCUT2D eigenvalue weighted by atomic mass is 19.4. The highest BCUT2D eigenvalue weighted by molar-refractivity contribution is 5.97. The van der Waals surface area contributed by atoms with Gasteiger partial charge in [-0.2, -0.15) is 45.0 Å². The summed E-state index contributed by atoms with van der Waals surface area (Å²) in [6, 6.07) is 5.41. The van der Waals surface area contributed by atoms with E-state index in [1.54, 1.807) is 0 Å². The normalized spacial score (nSPS) is 12.0. The summed E-state index contributed by atoms with van der Waals surface area (Å²) in [5.74, 6) is -2.78. The second-order valence-electron chi connectivity index (χ2n) is 6.49. The fourth-order valence-electron chi connectivity index (χ4n) is 2.29. The van der Waals surface area contributed by atoms with E-state index in [0.29, 0.717) is 18.2 Å². The van der Waals surface area contributed by atoms with Crippen LogP contribution in [-0.2, 0) is 11.0 Å². The van der Waals surface area contributed by atoms with Crippen LogP contribution in [0.4, 0.5) is 50.0 Å². The first-order valence-corrected chi connectivity index (χ1v) is 9.02. The van der Waals surface area contributed by atoms with Crippen molar-refractivity contribution in [3.63, 3.8) is 0 Å². The van der Waals surface area contributed by atoms with Gasteiger partial charge in [0.05, 0.1) is 11.1 Å². The van der Waals surface area contributed by atoms with Gasteiger partial charge in [-0.3, -0.25) is 10.1 Å². The number of hydroxylamine groups is 1. The Balaban J connectivity index is 2.12. The number of nitrogens with one attached hydrogen (secondary N) is 2. The van der Waals surface area contributed by atoms with Gasteiger partial charge >= 0.3 is 24.6 Å². The van der Waals surface area contributed by atoms with Crippen molar-refractivity contribution in [3.05, 3.63) is 53.6 Å². The number of alkyl halides is 9. The van der Waals surface area contributed by atoms with E-state index in [-0.39, 0.29) is 5.69 Å². The smallest absolute Gasteiger partial charge is 0.436 e. The Hall–Kier alpha value is -3.85. The third-order valence-electron chi connectivity index (χ3n) is 3.66. The lowest BCUT2D eigenvalue weighted by atomic mass is 10.2. The van der Waals surface area contributed by atoms with E-state index in [1.807, 2.05) is 5.32 Å². The molecule has 0 heterocycles. The van der Waals surface area contributed by atoms with Crippen LogP contribution >= 0.6 is 0 Å². The van der Waals surface area contributed by atoms with Crippen LogP contribution in [-0.4, -0.2) is 37.6 Å². The minimum Gasteiger partial charge on any atom is -0.484 e. The fourth-order valence-corrected chi connectivity index (χ4v) is 2.29. The number of carbonyl (C=O) groups is 2. The molecule has 0 unspecified atom stereocenters. The molecule has 192 valence electrons. The van der Waals surface area contributed by atoms with Crippen LogP contribution in [0.15, 0.2) is 42.5 Å². The van der Waals surface area contributed by atoms with Gasteiger partial charge in [0, 0.05) is 5.69 Å². The molecule has 0 aliphatic rings. The molecule has 0 aromatic heterocycles. The summed E-state index contributed by atoms with van der Waals surface area (Å²) in [6.07, 6.45) is -15.8. The van der Waals surface area contributed by atoms with Gasteiger partial charge in [-0.1, -0.05) is 6.07 Å². The van der Waals surface area contributed by atoms with Crippen LogP contribution < -0.4 is 20.3 Å². The number of halogens is 9. The molecule has 35 heavy (non-hydrogen) atoms. The van der Waals surface area contributed by atoms with Crippen molar-refractivity contribution in [1.82, 2.24) is 5.48 Å². The van der Waals surface area contributed by atoms with E-state index >= 15 is 0 Å². The van der Waals surface area contributed by atoms with Gasteiger partial charge < -0.3 is 14.3 Å². The molecular formula is C19H13F9N2O5. The third-order valence-corrected chi connectivity index (χ3v) is 3.66. The van der Waals surface area contributed by atoms with Gasteiger partial charge in [0.15, 0.2) is 13.2 Å². The minimum absolute atomic E-state index is 0.379. The summed E-state index contributed by atoms with van der Waals surface area (Å²) in [7, 11) is 0. The first kappa shape index (κ1) is 27.4. The van der Waals surface area contributed by atoms with Crippen LogP contribution in [0.2, 0.25) is 0 Å². The number of carbonyl (C=O) groups excluding carboxylic acids is 2. The molecule has 2 amide bonds. The Morgan fingerprint density at radius 2 is 1.43 bits per heavy atom. The van der Waals surface area contributed by atoms with Crippen LogP contribution in [0.3, 0.4) is 0 Å². The van der Waals surface area contributed by atoms with Gasteiger partial charge in [0.25, 0.3) is 5.91 Å². The molecule has 0 aliphatic heterocycles. The van der Waals surface area contributed by atoms with Crippen molar-refractivity contribution in [2.75, 3.05) is 18.5 Å². The number of hydrogen-bond donors (Lipinski definition) is 2. The number of anilines is 1. The fraction of sp³-hybridized carbons (Fsp3) is 0.263. The number of benzene rings is 2. The molecule has 2 aromatic rings. The van der Waals surface area contributed by atoms with E-state index in [1.165, 1.54) is 5.48 Å². The molecule has 0 atom stereocenters. The Morgan fingerprint density at radius 3 is 2.03 bits per heavy atom. The molecule has 0 saturated carbocycles. The number of rotatable bonds is 6. The lowest BCUT2D eigenvalue weighted by molar-refractivity contribution is -0.154. The maximum atomic E-state index is 12.7. The predicted octanol–water partition coefficient (Wildman–Crippen LogP) is 5.48. The van der Waals surface area contributed by atoms with Crippen molar-refractivity contribution >= 4 is 17.7 Å². The van der Waals surface area contributed by atoms with Gasteiger partial charge in [-0.15, -0.1) is 0 Å². The van der Waals surface area contributed by atoms with Crippen molar-refractivity contribution in [2.24, 2.45) is 0 Å². The Kier molecular flexibility index (Phi) is 8.30. The summed E-state index contributed by atoms with van der Waals surface area (Å²) in [5, 5.41) is 1.86. The first-order valence-electron chi connectivity index (χ1n) is 9.02. The third kappa shape index (κ3) is 9.50. The van der Waals surface area contributed by atoms with Gasteiger partial charge in [0.2, 0.25) is 0 Å². The van der Waals surface area contributed by atoms with Crippen molar-refractivity contribution in [2.45, 2.75) is 18.5 Å². The van der Waals surface area contributed by atoms with Crippen molar-refractivity contribution in [1.29, 1.82) is 0 Å². The molecule has 2 N–H and O–H groups in total. The van der Waals surface area contributed by atoms with E-state index in [4.69, 9.17) is 0 Å². The van der Waals surface area contributed by atoms with E-state index in [0.717, 1.165) is 24.3 Å². The molecule has 0 bridgehead atoms. The second-order valence-corrected chi connectivity index (χ2v) is 6.49. The van der Waals surface area contributed by atoms with Crippen LogP contribution in [0.1, 0.15) is 15.9 Å². The van der Waals surface area contributed by atoms with E-state index < -0.39 is 66.4 Å². The molecule has 2 rings (SSSR count). The SMILES string of the molecule is O=C(Nc1cccc(C(F)(F)F)c1)ONC(=O)c1cc(OCC(F)(F)F)ccc1OCC(F)(F)F. The van der Waals surface area contributed by atoms with Crippen LogP contribution in [0, 0.1) is 0 Å². The lowest BCUT2D eigenvalue weighted by Gasteiger charge is -2.15. The maximum Gasteiger partial charge on any atom is 0.436 e. The molecule has 0 fully saturated rings. The Bertz CT molecular complexity index is 1050. The highest BCUT2D eigenvalue weighted by Crippen LogP contribution is 2.31. The Morgan fingerprint density at radius 1 is 0.800 bits per heavy atom. The lowest BCUT2D eigenvalue weighted by Crippen LogP contribution is -2.30. The van der Waals surface area contributed by atoms with Crippen molar-refractivity contribution in [3.8, 4) is 11.5 Å². The minimum atomic E-state index is -4.83. The zero-order valence-corrected chi connectivity index (χ0v) is 16.9. The second kappa shape index (κ2) is 10.6. The maximum absolute atomic E-state index is 12.7. The summed E-state index contributed by atoms with van der Waals surface area (Å²) >= 11 is 0. The van der Waals surface area contributed by atoms with E-state index in [2.05, 4.69) is 14.3 Å². The molecule has 0 aliphatic carbocycles. The standard InChI is InChI=1S/C19H13F9N2O5/c20-17(21,22)8-33-12-4-5-14(34-9-18(23,24)25)13(7-12)15(31)30-35-16(32)29-11-3-1-2-10(6-11)19(26,27)28/h1-7H,8-9H2,(H,29,32)(H,30,31). The van der Waals surface area contributed by atoms with Crippen molar-refractivity contribution < 1.29 is 63.4 Å². The highest BCUT2D eigenvalue weighted by Gasteiger charge is 2.32. The van der Waals surface area contributed by atoms with Gasteiger partial charge in [-0.05, 0) is 36.4 Å². The monoisotopic (exact) mass is 520 g/mol. The summed E-state index contributed by atoms with van der Waals surface area (Å²) in [4.78, 5) is 28.4. The largest absolute Gasteiger partial charge is 0.484 e. The van der Waals surface area contributed by atoms with Crippen LogP contribution in [0.5, 0.6) is 11.5 Å². The zero-order chi connectivity index (χ0) is 26.4. The summed E-state index contributed by atoms with van der Waals surface area (Å²) < 4.78 is 121. The average molecular weight is 520 g/mol. The summed E-state index contributed by atoms with van der Waals surface area (Å²) in [5.41, 5.74) is -0.805. The molecule has 0 radical (unpaired) electrons. The molecular weight excluding hydrogens is 507 g/mol. The number of amides is 2. The zero-order valence-electron chi connectivity index (χ0n) is 16.9. The molecule has 0 spiro atoms. The Labute approximate surface area is 189 Å². The number of hydrogen-bond acceptors (Lipinski definition) is 5. The quantitative estimate of drug-likeness (QED) is 0.389. The molecule has 0 saturated heterocycles. The molecule has 7 nitrogen and oxygen atoms in total. The van der Waals surface area contributed by atoms with Gasteiger partial charge in [-0.25, -0.2) is 4.79 Å². The topological polar surface area (TPSA) is 85.9 Å². The number of ether oxygens (including phenoxy) is 2. The van der Waals surface area contributed by atoms with Crippen LogP contribution in [0.25, 0.3) is 0 Å².